The van der Waals surface area contributed by atoms with Crippen molar-refractivity contribution < 1.29 is 22.9 Å². The molecule has 1 amide bonds. The standard InChI is InChI=1S/C17H11F3N4O4S/c18-17(19,20)11-4-5-15(26)23(7-11)8-14(25)22-16-21-13(9-29-16)10-2-1-3-12(6-10)24(27)28/h1-7,9H,8H2,(H,21,22,25). The Bertz CT molecular complexity index is 1140. The van der Waals surface area contributed by atoms with E-state index >= 15 is 0 Å². The highest BCUT2D eigenvalue weighted by Gasteiger charge is 2.31. The minimum Gasteiger partial charge on any atom is -0.305 e. The van der Waals surface area contributed by atoms with Gasteiger partial charge in [0, 0.05) is 35.3 Å². The number of aromatic nitrogens is 2. The van der Waals surface area contributed by atoms with Crippen LogP contribution >= 0.6 is 11.3 Å². The normalized spacial score (nSPS) is 11.3. The lowest BCUT2D eigenvalue weighted by molar-refractivity contribution is -0.384. The summed E-state index contributed by atoms with van der Waals surface area (Å²) in [5.74, 6) is -0.744. The molecule has 0 saturated carbocycles. The maximum absolute atomic E-state index is 12.8. The lowest BCUT2D eigenvalue weighted by Gasteiger charge is -2.10. The average Bonchev–Trinajstić information content (AvgIpc) is 3.11. The first-order valence-corrected chi connectivity index (χ1v) is 8.79. The van der Waals surface area contributed by atoms with Crippen LogP contribution in [0.5, 0.6) is 0 Å². The Labute approximate surface area is 164 Å². The number of nitro groups is 1. The summed E-state index contributed by atoms with van der Waals surface area (Å²) in [5.41, 5.74) is -1.09. The van der Waals surface area contributed by atoms with Gasteiger partial charge >= 0.3 is 6.18 Å². The molecule has 0 aliphatic heterocycles. The zero-order chi connectivity index (χ0) is 21.2. The van der Waals surface area contributed by atoms with Gasteiger partial charge in [-0.25, -0.2) is 4.98 Å². The third kappa shape index (κ3) is 4.85. The van der Waals surface area contributed by atoms with E-state index in [9.17, 15) is 32.9 Å². The van der Waals surface area contributed by atoms with Crippen LogP contribution in [0, 0.1) is 10.1 Å². The number of pyridine rings is 1. The van der Waals surface area contributed by atoms with Crippen molar-refractivity contribution in [1.82, 2.24) is 9.55 Å². The van der Waals surface area contributed by atoms with Crippen LogP contribution in [-0.4, -0.2) is 20.4 Å². The second-order valence-electron chi connectivity index (χ2n) is 5.78. The van der Waals surface area contributed by atoms with E-state index in [2.05, 4.69) is 10.3 Å². The summed E-state index contributed by atoms with van der Waals surface area (Å²) in [6, 6.07) is 7.12. The lowest BCUT2D eigenvalue weighted by atomic mass is 10.1. The number of carbonyl (C=O) groups excluding carboxylic acids is 1. The largest absolute Gasteiger partial charge is 0.417 e. The van der Waals surface area contributed by atoms with Crippen LogP contribution in [0.15, 0.2) is 52.8 Å². The lowest BCUT2D eigenvalue weighted by Crippen LogP contribution is -2.28. The molecule has 1 N–H and O–H groups in total. The Morgan fingerprint density at radius 2 is 2.03 bits per heavy atom. The van der Waals surface area contributed by atoms with Crippen molar-refractivity contribution in [3.05, 3.63) is 74.0 Å². The highest BCUT2D eigenvalue weighted by Crippen LogP contribution is 2.29. The van der Waals surface area contributed by atoms with Gasteiger partial charge in [-0.05, 0) is 6.07 Å². The number of thiazole rings is 1. The quantitative estimate of drug-likeness (QED) is 0.498. The maximum atomic E-state index is 12.8. The SMILES string of the molecule is O=C(Cn1cc(C(F)(F)F)ccc1=O)Nc1nc(-c2cccc([N+](=O)[O-])c2)cs1. The molecule has 2 aromatic heterocycles. The van der Waals surface area contributed by atoms with Gasteiger partial charge in [0.2, 0.25) is 5.91 Å². The van der Waals surface area contributed by atoms with E-state index in [0.717, 1.165) is 17.4 Å². The van der Waals surface area contributed by atoms with Gasteiger partial charge in [0.1, 0.15) is 6.54 Å². The van der Waals surface area contributed by atoms with Crippen molar-refractivity contribution >= 4 is 28.1 Å². The van der Waals surface area contributed by atoms with Crippen molar-refractivity contribution in [2.24, 2.45) is 0 Å². The predicted octanol–water partition coefficient (Wildman–Crippen LogP) is 3.54. The molecule has 0 spiro atoms. The van der Waals surface area contributed by atoms with Gasteiger partial charge in [0.25, 0.3) is 11.2 Å². The van der Waals surface area contributed by atoms with Crippen molar-refractivity contribution in [2.75, 3.05) is 5.32 Å². The first-order chi connectivity index (χ1) is 13.6. The number of amides is 1. The van der Waals surface area contributed by atoms with E-state index < -0.39 is 34.7 Å². The summed E-state index contributed by atoms with van der Waals surface area (Å²) in [5, 5.41) is 14.9. The minimum absolute atomic E-state index is 0.120. The van der Waals surface area contributed by atoms with Crippen LogP contribution in [0.2, 0.25) is 0 Å². The number of nitrogens with one attached hydrogen (secondary N) is 1. The number of rotatable bonds is 5. The first-order valence-electron chi connectivity index (χ1n) is 7.91. The molecule has 0 aliphatic carbocycles. The van der Waals surface area contributed by atoms with Crippen molar-refractivity contribution in [3.63, 3.8) is 0 Å². The minimum atomic E-state index is -4.64. The molecule has 29 heavy (non-hydrogen) atoms. The number of nitro benzene ring substituents is 1. The molecule has 0 fully saturated rings. The molecular weight excluding hydrogens is 413 g/mol. The molecule has 0 atom stereocenters. The Morgan fingerprint density at radius 3 is 2.72 bits per heavy atom. The van der Waals surface area contributed by atoms with Gasteiger partial charge in [-0.15, -0.1) is 11.3 Å². The third-order valence-electron chi connectivity index (χ3n) is 3.73. The summed E-state index contributed by atoms with van der Waals surface area (Å²) in [6.07, 6.45) is -4.08. The van der Waals surface area contributed by atoms with Gasteiger partial charge in [-0.1, -0.05) is 12.1 Å². The van der Waals surface area contributed by atoms with Crippen molar-refractivity contribution in [3.8, 4) is 11.3 Å². The highest BCUT2D eigenvalue weighted by atomic mass is 32.1. The number of hydrogen-bond acceptors (Lipinski definition) is 6. The van der Waals surface area contributed by atoms with E-state index in [0.29, 0.717) is 28.1 Å². The first kappa shape index (κ1) is 20.2. The predicted molar refractivity (Wildman–Crippen MR) is 98.5 cm³/mol. The highest BCUT2D eigenvalue weighted by molar-refractivity contribution is 7.14. The fraction of sp³-hybridized carbons (Fsp3) is 0.118. The maximum Gasteiger partial charge on any atom is 0.417 e. The Kier molecular flexibility index (Phi) is 5.46. The smallest absolute Gasteiger partial charge is 0.305 e. The molecule has 12 heteroatoms. The Balaban J connectivity index is 1.74. The summed E-state index contributed by atoms with van der Waals surface area (Å²) < 4.78 is 38.9. The van der Waals surface area contributed by atoms with Crippen molar-refractivity contribution in [2.45, 2.75) is 12.7 Å². The summed E-state index contributed by atoms with van der Waals surface area (Å²) in [4.78, 5) is 38.3. The summed E-state index contributed by atoms with van der Waals surface area (Å²) >= 11 is 1.03. The van der Waals surface area contributed by atoms with Gasteiger partial charge < -0.3 is 9.88 Å². The zero-order valence-corrected chi connectivity index (χ0v) is 15.2. The Hall–Kier alpha value is -3.54. The van der Waals surface area contributed by atoms with Crippen LogP contribution < -0.4 is 10.9 Å². The van der Waals surface area contributed by atoms with E-state index in [4.69, 9.17) is 0 Å². The molecule has 3 aromatic rings. The van der Waals surface area contributed by atoms with Crippen LogP contribution in [0.25, 0.3) is 11.3 Å². The molecule has 0 aliphatic rings. The second kappa shape index (κ2) is 7.83. The summed E-state index contributed by atoms with van der Waals surface area (Å²) in [7, 11) is 0. The second-order valence-corrected chi connectivity index (χ2v) is 6.63. The van der Waals surface area contributed by atoms with Gasteiger partial charge in [0.15, 0.2) is 5.13 Å². The fourth-order valence-electron chi connectivity index (χ4n) is 2.38. The number of nitrogens with zero attached hydrogens (tertiary/aromatic N) is 3. The number of hydrogen-bond donors (Lipinski definition) is 1. The molecule has 0 radical (unpaired) electrons. The molecule has 2 heterocycles. The van der Waals surface area contributed by atoms with E-state index in [1.54, 1.807) is 11.4 Å². The molecule has 1 aromatic carbocycles. The molecular formula is C17H11F3N4O4S. The van der Waals surface area contributed by atoms with E-state index in [1.807, 2.05) is 0 Å². The third-order valence-corrected chi connectivity index (χ3v) is 4.49. The molecule has 0 unspecified atom stereocenters. The molecule has 150 valence electrons. The van der Waals surface area contributed by atoms with Crippen LogP contribution in [-0.2, 0) is 17.5 Å². The monoisotopic (exact) mass is 424 g/mol. The number of anilines is 1. The van der Waals surface area contributed by atoms with Gasteiger partial charge in [-0.3, -0.25) is 19.7 Å². The molecule has 8 nitrogen and oxygen atoms in total. The van der Waals surface area contributed by atoms with Gasteiger partial charge in [-0.2, -0.15) is 13.2 Å². The number of carbonyl (C=O) groups is 1. The topological polar surface area (TPSA) is 107 Å². The Morgan fingerprint density at radius 1 is 1.28 bits per heavy atom. The molecule has 0 bridgehead atoms. The average molecular weight is 424 g/mol. The zero-order valence-electron chi connectivity index (χ0n) is 14.3. The fourth-order valence-corrected chi connectivity index (χ4v) is 3.11. The van der Waals surface area contributed by atoms with E-state index in [-0.39, 0.29) is 10.8 Å². The van der Waals surface area contributed by atoms with Crippen LogP contribution in [0.1, 0.15) is 5.56 Å². The molecule has 0 saturated heterocycles. The van der Waals surface area contributed by atoms with Crippen LogP contribution in [0.4, 0.5) is 24.0 Å². The van der Waals surface area contributed by atoms with E-state index in [1.165, 1.54) is 18.2 Å². The summed E-state index contributed by atoms with van der Waals surface area (Å²) in [6.45, 7) is -0.630. The number of benzene rings is 1. The number of non-ortho nitro benzene ring substituents is 1. The van der Waals surface area contributed by atoms with Gasteiger partial charge in [0.05, 0.1) is 16.2 Å². The molecule has 3 rings (SSSR count). The van der Waals surface area contributed by atoms with Crippen molar-refractivity contribution in [1.29, 1.82) is 0 Å². The number of alkyl halides is 3. The number of halogens is 3. The van der Waals surface area contributed by atoms with Crippen LogP contribution in [0.3, 0.4) is 0 Å².